The fourth-order valence-electron chi connectivity index (χ4n) is 3.67. The minimum absolute atomic E-state index is 0.0708. The summed E-state index contributed by atoms with van der Waals surface area (Å²) in [7, 11) is 3.30. The minimum Gasteiger partial charge on any atom is -0.496 e. The van der Waals surface area contributed by atoms with Crippen LogP contribution in [0.15, 0.2) is 47.4 Å². The van der Waals surface area contributed by atoms with E-state index in [1.54, 1.807) is 26.0 Å². The van der Waals surface area contributed by atoms with Gasteiger partial charge in [0.1, 0.15) is 11.5 Å². The molecule has 144 valence electrons. The Morgan fingerprint density at radius 3 is 2.54 bits per heavy atom. The molecule has 0 saturated heterocycles. The van der Waals surface area contributed by atoms with Crippen LogP contribution in [0.3, 0.4) is 0 Å². The number of anilines is 1. The highest BCUT2D eigenvalue weighted by Gasteiger charge is 2.34. The molecule has 2 N–H and O–H groups in total. The number of methoxy groups -OCH3 is 2. The monoisotopic (exact) mass is 395 g/mol. The molecule has 2 heterocycles. The van der Waals surface area contributed by atoms with Gasteiger partial charge in [0, 0.05) is 23.5 Å². The number of H-pyrrole nitrogens is 1. The molecule has 0 saturated carbocycles. The van der Waals surface area contributed by atoms with Crippen LogP contribution in [-0.2, 0) is 4.79 Å². The molecule has 0 spiro atoms. The largest absolute Gasteiger partial charge is 0.496 e. The zero-order chi connectivity index (χ0) is 19.7. The predicted molar refractivity (Wildman–Crippen MR) is 110 cm³/mol. The number of nitrogens with zero attached hydrogens (tertiary/aromatic N) is 1. The molecule has 0 radical (unpaired) electrons. The van der Waals surface area contributed by atoms with E-state index in [0.717, 1.165) is 38.8 Å². The van der Waals surface area contributed by atoms with E-state index in [4.69, 9.17) is 9.47 Å². The van der Waals surface area contributed by atoms with Crippen LogP contribution in [0.4, 0.5) is 5.82 Å². The maximum absolute atomic E-state index is 12.4. The van der Waals surface area contributed by atoms with E-state index in [1.807, 2.05) is 48.7 Å². The molecule has 4 rings (SSSR count). The fraction of sp³-hybridized carbons (Fsp3) is 0.238. The van der Waals surface area contributed by atoms with Gasteiger partial charge in [-0.15, -0.1) is 11.8 Å². The molecule has 1 aliphatic rings. The number of ether oxygens (including phenoxy) is 2. The summed E-state index contributed by atoms with van der Waals surface area (Å²) >= 11 is 1.59. The molecular weight excluding hydrogens is 374 g/mol. The van der Waals surface area contributed by atoms with Crippen molar-refractivity contribution in [3.05, 3.63) is 53.6 Å². The van der Waals surface area contributed by atoms with Gasteiger partial charge in [-0.05, 0) is 24.0 Å². The molecule has 0 fully saturated rings. The Labute approximate surface area is 167 Å². The maximum Gasteiger partial charge on any atom is 0.226 e. The lowest BCUT2D eigenvalue weighted by Crippen LogP contribution is -2.23. The number of thioether (sulfide) groups is 1. The lowest BCUT2D eigenvalue weighted by Gasteiger charge is -2.26. The van der Waals surface area contributed by atoms with E-state index in [0.29, 0.717) is 12.2 Å². The summed E-state index contributed by atoms with van der Waals surface area (Å²) in [4.78, 5) is 13.4. The van der Waals surface area contributed by atoms with Crippen LogP contribution in [0.2, 0.25) is 0 Å². The fourth-order valence-corrected chi connectivity index (χ4v) is 4.24. The van der Waals surface area contributed by atoms with Gasteiger partial charge in [-0.25, -0.2) is 0 Å². The van der Waals surface area contributed by atoms with Crippen molar-refractivity contribution in [2.24, 2.45) is 0 Å². The number of hydrogen-bond donors (Lipinski definition) is 2. The van der Waals surface area contributed by atoms with Gasteiger partial charge in [-0.3, -0.25) is 9.89 Å². The number of hydrogen-bond acceptors (Lipinski definition) is 5. The summed E-state index contributed by atoms with van der Waals surface area (Å²) < 4.78 is 11.3. The molecule has 7 heteroatoms. The second-order valence-corrected chi connectivity index (χ2v) is 7.33. The summed E-state index contributed by atoms with van der Waals surface area (Å²) in [5, 5.41) is 10.3. The van der Waals surface area contributed by atoms with Crippen LogP contribution in [-0.4, -0.2) is 36.6 Å². The summed E-state index contributed by atoms with van der Waals surface area (Å²) in [6, 6.07) is 13.9. The smallest absolute Gasteiger partial charge is 0.226 e. The topological polar surface area (TPSA) is 76.2 Å². The van der Waals surface area contributed by atoms with Gasteiger partial charge in [0.25, 0.3) is 0 Å². The average Bonchev–Trinajstić information content (AvgIpc) is 3.16. The van der Waals surface area contributed by atoms with E-state index >= 15 is 0 Å². The lowest BCUT2D eigenvalue weighted by atomic mass is 9.84. The summed E-state index contributed by atoms with van der Waals surface area (Å²) in [5.74, 6) is 1.79. The van der Waals surface area contributed by atoms with Crippen molar-refractivity contribution in [2.45, 2.75) is 17.2 Å². The number of nitrogens with one attached hydrogen (secondary N) is 2. The van der Waals surface area contributed by atoms with Crippen molar-refractivity contribution in [3.8, 4) is 22.8 Å². The maximum atomic E-state index is 12.4. The Bertz CT molecular complexity index is 1020. The van der Waals surface area contributed by atoms with Gasteiger partial charge >= 0.3 is 0 Å². The van der Waals surface area contributed by atoms with Gasteiger partial charge in [0.15, 0.2) is 5.82 Å². The number of aromatic nitrogens is 2. The van der Waals surface area contributed by atoms with Crippen molar-refractivity contribution in [3.63, 3.8) is 0 Å². The Kier molecular flexibility index (Phi) is 5.00. The molecule has 1 unspecified atom stereocenters. The highest BCUT2D eigenvalue weighted by molar-refractivity contribution is 7.98. The van der Waals surface area contributed by atoms with Gasteiger partial charge in [-0.2, -0.15) is 5.10 Å². The number of rotatable bonds is 5. The van der Waals surface area contributed by atoms with E-state index in [1.165, 1.54) is 0 Å². The number of carbonyl (C=O) groups excluding carboxylic acids is 1. The number of carbonyl (C=O) groups is 1. The highest BCUT2D eigenvalue weighted by Crippen LogP contribution is 2.46. The summed E-state index contributed by atoms with van der Waals surface area (Å²) in [6.45, 7) is 0. The van der Waals surface area contributed by atoms with Crippen molar-refractivity contribution >= 4 is 23.5 Å². The molecule has 1 amide bonds. The molecular formula is C21H21N3O3S. The Balaban J connectivity index is 1.91. The van der Waals surface area contributed by atoms with Crippen LogP contribution < -0.4 is 14.8 Å². The van der Waals surface area contributed by atoms with Crippen LogP contribution >= 0.6 is 11.8 Å². The second-order valence-electron chi connectivity index (χ2n) is 6.48. The SMILES string of the molecule is COc1cc(C2CC(=O)Nc3n[nH]c(-c4ccccc4)c32)c(OC)cc1SC. The number of aromatic amines is 1. The third-order valence-corrected chi connectivity index (χ3v) is 5.73. The van der Waals surface area contributed by atoms with Crippen molar-refractivity contribution in [2.75, 3.05) is 25.8 Å². The Hall–Kier alpha value is -2.93. The number of benzene rings is 2. The van der Waals surface area contributed by atoms with Gasteiger partial charge in [-0.1, -0.05) is 30.3 Å². The van der Waals surface area contributed by atoms with E-state index in [9.17, 15) is 4.79 Å². The third-order valence-electron chi connectivity index (χ3n) is 4.97. The average molecular weight is 395 g/mol. The lowest BCUT2D eigenvalue weighted by molar-refractivity contribution is -0.116. The van der Waals surface area contributed by atoms with Gasteiger partial charge in [0.2, 0.25) is 5.91 Å². The molecule has 0 bridgehead atoms. The zero-order valence-electron chi connectivity index (χ0n) is 15.9. The van der Waals surface area contributed by atoms with Crippen molar-refractivity contribution in [1.82, 2.24) is 10.2 Å². The minimum atomic E-state index is -0.197. The highest BCUT2D eigenvalue weighted by atomic mass is 32.2. The first-order valence-corrected chi connectivity index (χ1v) is 10.1. The summed E-state index contributed by atoms with van der Waals surface area (Å²) in [6.07, 6.45) is 2.30. The van der Waals surface area contributed by atoms with Crippen molar-refractivity contribution < 1.29 is 14.3 Å². The van der Waals surface area contributed by atoms with E-state index in [-0.39, 0.29) is 11.8 Å². The van der Waals surface area contributed by atoms with E-state index in [2.05, 4.69) is 15.5 Å². The normalized spacial score (nSPS) is 15.7. The first-order valence-electron chi connectivity index (χ1n) is 8.89. The number of fused-ring (bicyclic) bond motifs is 1. The standard InChI is InChI=1S/C21H21N3O3S/c1-26-15-11-17(28-3)16(27-2)9-13(15)14-10-18(25)22-21-19(14)20(23-24-21)12-7-5-4-6-8-12/h4-9,11,14H,10H2,1-3H3,(H2,22,23,24,25). The van der Waals surface area contributed by atoms with E-state index < -0.39 is 0 Å². The quantitative estimate of drug-likeness (QED) is 0.630. The first kappa shape index (κ1) is 18.4. The van der Waals surface area contributed by atoms with Gasteiger partial charge < -0.3 is 14.8 Å². The van der Waals surface area contributed by atoms with Crippen LogP contribution in [0.25, 0.3) is 11.3 Å². The molecule has 1 atom stereocenters. The molecule has 1 aliphatic heterocycles. The van der Waals surface area contributed by atoms with Gasteiger partial charge in [0.05, 0.1) is 24.8 Å². The Morgan fingerprint density at radius 1 is 1.11 bits per heavy atom. The van der Waals surface area contributed by atoms with Crippen LogP contribution in [0, 0.1) is 0 Å². The predicted octanol–water partition coefficient (Wildman–Crippen LogP) is 4.29. The number of amides is 1. The van der Waals surface area contributed by atoms with Crippen LogP contribution in [0.5, 0.6) is 11.5 Å². The second kappa shape index (κ2) is 7.59. The molecule has 2 aromatic carbocycles. The first-order chi connectivity index (χ1) is 13.7. The van der Waals surface area contributed by atoms with Crippen LogP contribution in [0.1, 0.15) is 23.5 Å². The Morgan fingerprint density at radius 2 is 1.86 bits per heavy atom. The van der Waals surface area contributed by atoms with Crippen molar-refractivity contribution in [1.29, 1.82) is 0 Å². The third kappa shape index (κ3) is 3.11. The molecule has 0 aliphatic carbocycles. The molecule has 3 aromatic rings. The molecule has 1 aromatic heterocycles. The molecule has 28 heavy (non-hydrogen) atoms. The molecule has 6 nitrogen and oxygen atoms in total. The summed E-state index contributed by atoms with van der Waals surface area (Å²) in [5.41, 5.74) is 3.79. The zero-order valence-corrected chi connectivity index (χ0v) is 16.7.